The molecule has 0 spiro atoms. The first-order valence-electron chi connectivity index (χ1n) is 10.3. The topological polar surface area (TPSA) is 78.9 Å². The molecule has 2 N–H and O–H groups in total. The van der Waals surface area contributed by atoms with E-state index in [4.69, 9.17) is 9.84 Å². The number of rotatable bonds is 8. The summed E-state index contributed by atoms with van der Waals surface area (Å²) < 4.78 is 32.7. The molecule has 0 radical (unpaired) electrons. The number of para-hydroxylation sites is 1. The van der Waals surface area contributed by atoms with Gasteiger partial charge in [0.1, 0.15) is 18.2 Å². The van der Waals surface area contributed by atoms with E-state index in [-0.39, 0.29) is 18.2 Å². The number of carbonyl (C=O) groups is 2. The number of halogens is 2. The Bertz CT molecular complexity index is 866. The van der Waals surface area contributed by atoms with Gasteiger partial charge in [-0.3, -0.25) is 4.90 Å². The summed E-state index contributed by atoms with van der Waals surface area (Å²) in [5, 5.41) is 11.5. The molecule has 1 aliphatic carbocycles. The highest BCUT2D eigenvalue weighted by Gasteiger charge is 2.24. The SMILES string of the molecule is O=C(O)COC[C@H]1CC[C@H](CNC(=O)N(c2ccccc2)c2cc(F)cc(F)c2)CC1. The van der Waals surface area contributed by atoms with E-state index in [2.05, 4.69) is 5.32 Å². The maximum absolute atomic E-state index is 13.8. The van der Waals surface area contributed by atoms with Gasteiger partial charge in [-0.2, -0.15) is 0 Å². The van der Waals surface area contributed by atoms with E-state index in [1.165, 1.54) is 4.90 Å². The maximum atomic E-state index is 13.8. The largest absolute Gasteiger partial charge is 0.480 e. The van der Waals surface area contributed by atoms with Crippen LogP contribution in [0.25, 0.3) is 0 Å². The number of hydrogen-bond acceptors (Lipinski definition) is 3. The van der Waals surface area contributed by atoms with Crippen molar-refractivity contribution in [1.82, 2.24) is 5.32 Å². The highest BCUT2D eigenvalue weighted by Crippen LogP contribution is 2.30. The van der Waals surface area contributed by atoms with Crippen molar-refractivity contribution in [3.63, 3.8) is 0 Å². The van der Waals surface area contributed by atoms with Crippen molar-refractivity contribution in [3.8, 4) is 0 Å². The molecular formula is C23H26F2N2O4. The van der Waals surface area contributed by atoms with Crippen LogP contribution in [0.3, 0.4) is 0 Å². The van der Waals surface area contributed by atoms with Crippen molar-refractivity contribution in [2.45, 2.75) is 25.7 Å². The van der Waals surface area contributed by atoms with Crippen LogP contribution < -0.4 is 10.2 Å². The number of aliphatic carboxylic acids is 1. The lowest BCUT2D eigenvalue weighted by Crippen LogP contribution is -2.40. The van der Waals surface area contributed by atoms with Crippen molar-refractivity contribution in [2.24, 2.45) is 11.8 Å². The second-order valence-corrected chi connectivity index (χ2v) is 7.78. The number of hydrogen-bond donors (Lipinski definition) is 2. The smallest absolute Gasteiger partial charge is 0.329 e. The number of anilines is 2. The van der Waals surface area contributed by atoms with Crippen LogP contribution in [-0.2, 0) is 9.53 Å². The summed E-state index contributed by atoms with van der Waals surface area (Å²) in [5.41, 5.74) is 0.616. The zero-order valence-corrected chi connectivity index (χ0v) is 17.1. The molecule has 0 saturated heterocycles. The van der Waals surface area contributed by atoms with Gasteiger partial charge in [-0.25, -0.2) is 18.4 Å². The fraction of sp³-hybridized carbons (Fsp3) is 0.391. The average molecular weight is 432 g/mol. The Morgan fingerprint density at radius 1 is 0.968 bits per heavy atom. The zero-order chi connectivity index (χ0) is 22.2. The molecule has 1 aliphatic rings. The Morgan fingerprint density at radius 3 is 2.19 bits per heavy atom. The van der Waals surface area contributed by atoms with Gasteiger partial charge in [0.05, 0.1) is 18.0 Å². The molecule has 166 valence electrons. The van der Waals surface area contributed by atoms with Crippen molar-refractivity contribution in [3.05, 3.63) is 60.2 Å². The van der Waals surface area contributed by atoms with Crippen LogP contribution in [0.2, 0.25) is 0 Å². The van der Waals surface area contributed by atoms with Crippen LogP contribution in [0, 0.1) is 23.5 Å². The Kier molecular flexibility index (Phi) is 7.94. The molecule has 2 aromatic rings. The summed E-state index contributed by atoms with van der Waals surface area (Å²) in [6.07, 6.45) is 3.58. The van der Waals surface area contributed by atoms with Crippen LogP contribution in [0.5, 0.6) is 0 Å². The fourth-order valence-electron chi connectivity index (χ4n) is 3.85. The maximum Gasteiger partial charge on any atom is 0.329 e. The van der Waals surface area contributed by atoms with Crippen molar-refractivity contribution >= 4 is 23.4 Å². The van der Waals surface area contributed by atoms with Gasteiger partial charge >= 0.3 is 12.0 Å². The summed E-state index contributed by atoms with van der Waals surface area (Å²) >= 11 is 0. The minimum absolute atomic E-state index is 0.112. The fourth-order valence-corrected chi connectivity index (χ4v) is 3.85. The number of urea groups is 1. The standard InChI is InChI=1S/C23H26F2N2O4/c24-18-10-19(25)12-21(11-18)27(20-4-2-1-3-5-20)23(30)26-13-16-6-8-17(9-7-16)14-31-15-22(28)29/h1-5,10-12,16-17H,6-9,13-15H2,(H,26,30)(H,28,29)/t16-,17-. The average Bonchev–Trinajstić information content (AvgIpc) is 2.73. The van der Waals surface area contributed by atoms with Gasteiger partial charge in [0, 0.05) is 12.6 Å². The monoisotopic (exact) mass is 432 g/mol. The molecule has 31 heavy (non-hydrogen) atoms. The Morgan fingerprint density at radius 2 is 1.58 bits per heavy atom. The predicted molar refractivity (Wildman–Crippen MR) is 112 cm³/mol. The molecule has 1 fully saturated rings. The van der Waals surface area contributed by atoms with Crippen molar-refractivity contribution in [1.29, 1.82) is 0 Å². The van der Waals surface area contributed by atoms with Crippen LogP contribution in [0.4, 0.5) is 25.0 Å². The molecule has 0 bridgehead atoms. The lowest BCUT2D eigenvalue weighted by atomic mass is 9.82. The van der Waals surface area contributed by atoms with E-state index < -0.39 is 23.6 Å². The van der Waals surface area contributed by atoms with Crippen LogP contribution in [0.15, 0.2) is 48.5 Å². The van der Waals surface area contributed by atoms with Gasteiger partial charge in [-0.15, -0.1) is 0 Å². The first-order chi connectivity index (χ1) is 14.9. The molecule has 1 saturated carbocycles. The number of nitrogens with one attached hydrogen (secondary N) is 1. The molecule has 3 rings (SSSR count). The van der Waals surface area contributed by atoms with Crippen molar-refractivity contribution < 1.29 is 28.2 Å². The number of carbonyl (C=O) groups excluding carboxylic acids is 1. The molecule has 0 atom stereocenters. The summed E-state index contributed by atoms with van der Waals surface area (Å²) in [6.45, 7) is 0.590. The summed E-state index contributed by atoms with van der Waals surface area (Å²) in [7, 11) is 0. The number of carboxylic acid groups (broad SMARTS) is 1. The number of ether oxygens (including phenoxy) is 1. The van der Waals surface area contributed by atoms with E-state index in [1.807, 2.05) is 0 Å². The third-order valence-electron chi connectivity index (χ3n) is 5.41. The molecule has 0 aromatic heterocycles. The van der Waals surface area contributed by atoms with Crippen LogP contribution >= 0.6 is 0 Å². The second kappa shape index (κ2) is 10.9. The molecule has 6 nitrogen and oxygen atoms in total. The van der Waals surface area contributed by atoms with Gasteiger partial charge in [-0.05, 0) is 61.8 Å². The summed E-state index contributed by atoms with van der Waals surface area (Å²) in [4.78, 5) is 24.8. The van der Waals surface area contributed by atoms with Crippen LogP contribution in [-0.4, -0.2) is 36.9 Å². The number of nitrogens with zero attached hydrogens (tertiary/aromatic N) is 1. The highest BCUT2D eigenvalue weighted by atomic mass is 19.1. The van der Waals surface area contributed by atoms with Crippen molar-refractivity contribution in [2.75, 3.05) is 24.7 Å². The van der Waals surface area contributed by atoms with Gasteiger partial charge in [0.2, 0.25) is 0 Å². The van der Waals surface area contributed by atoms with E-state index in [0.29, 0.717) is 24.8 Å². The van der Waals surface area contributed by atoms with Gasteiger partial charge in [0.15, 0.2) is 0 Å². The number of carboxylic acids is 1. The normalized spacial score (nSPS) is 18.4. The summed E-state index contributed by atoms with van der Waals surface area (Å²) in [5.74, 6) is -1.89. The number of benzene rings is 2. The van der Waals surface area contributed by atoms with Gasteiger partial charge in [0.25, 0.3) is 0 Å². The summed E-state index contributed by atoms with van der Waals surface area (Å²) in [6, 6.07) is 11.2. The Labute approximate surface area is 179 Å². The molecular weight excluding hydrogens is 406 g/mol. The Balaban J connectivity index is 1.58. The molecule has 2 aromatic carbocycles. The Hall–Kier alpha value is -3.00. The predicted octanol–water partition coefficient (Wildman–Crippen LogP) is 4.72. The van der Waals surface area contributed by atoms with Crippen LogP contribution in [0.1, 0.15) is 25.7 Å². The third kappa shape index (κ3) is 6.75. The van der Waals surface area contributed by atoms with Gasteiger partial charge in [-0.1, -0.05) is 18.2 Å². The van der Waals surface area contributed by atoms with E-state index in [0.717, 1.165) is 43.9 Å². The molecule has 8 heteroatoms. The molecule has 0 unspecified atom stereocenters. The van der Waals surface area contributed by atoms with Gasteiger partial charge < -0.3 is 15.2 Å². The lowest BCUT2D eigenvalue weighted by Gasteiger charge is -2.29. The number of amides is 2. The van der Waals surface area contributed by atoms with E-state index in [1.54, 1.807) is 30.3 Å². The first-order valence-corrected chi connectivity index (χ1v) is 10.3. The van der Waals surface area contributed by atoms with E-state index in [9.17, 15) is 18.4 Å². The molecule has 0 aliphatic heterocycles. The molecule has 0 heterocycles. The van der Waals surface area contributed by atoms with E-state index >= 15 is 0 Å². The first kappa shape index (κ1) is 22.7. The third-order valence-corrected chi connectivity index (χ3v) is 5.41. The minimum Gasteiger partial charge on any atom is -0.480 e. The minimum atomic E-state index is -0.974. The highest BCUT2D eigenvalue weighted by molar-refractivity contribution is 5.99. The quantitative estimate of drug-likeness (QED) is 0.633. The molecule has 2 amide bonds. The zero-order valence-electron chi connectivity index (χ0n) is 17.1. The second-order valence-electron chi connectivity index (χ2n) is 7.78. The lowest BCUT2D eigenvalue weighted by molar-refractivity contribution is -0.142.